The second kappa shape index (κ2) is 5.01. The molecule has 1 heterocycles. The van der Waals surface area contributed by atoms with E-state index in [1.54, 1.807) is 6.07 Å². The number of nitrogens with zero attached hydrogens (tertiary/aromatic N) is 2. The molecule has 0 aliphatic carbocycles. The fourth-order valence-corrected chi connectivity index (χ4v) is 1.58. The lowest BCUT2D eigenvalue weighted by Gasteiger charge is -2.04. The maximum atomic E-state index is 13.1. The summed E-state index contributed by atoms with van der Waals surface area (Å²) in [7, 11) is 0. The fraction of sp³-hybridized carbons (Fsp3) is 0. The summed E-state index contributed by atoms with van der Waals surface area (Å²) in [6.07, 6.45) is 3.27. The van der Waals surface area contributed by atoms with E-state index in [0.29, 0.717) is 16.3 Å². The van der Waals surface area contributed by atoms with Gasteiger partial charge in [0.15, 0.2) is 6.29 Å². The molecule has 0 N–H and O–H groups in total. The van der Waals surface area contributed by atoms with E-state index in [9.17, 15) is 9.18 Å². The Labute approximate surface area is 105 Å². The Kier molecular flexibility index (Phi) is 3.43. The highest BCUT2D eigenvalue weighted by Gasteiger charge is 2.03. The molecule has 2 aromatic rings. The molecule has 0 aliphatic rings. The first kappa shape index (κ1) is 11.7. The molecular formula is C11H6BrFN2O2. The summed E-state index contributed by atoms with van der Waals surface area (Å²) in [4.78, 5) is 18.0. The van der Waals surface area contributed by atoms with Crippen molar-refractivity contribution in [2.75, 3.05) is 0 Å². The molecule has 4 nitrogen and oxygen atoms in total. The Morgan fingerprint density at radius 3 is 2.53 bits per heavy atom. The van der Waals surface area contributed by atoms with Gasteiger partial charge in [-0.1, -0.05) is 15.9 Å². The van der Waals surface area contributed by atoms with Crippen LogP contribution in [0.15, 0.2) is 35.1 Å². The number of aldehydes is 1. The van der Waals surface area contributed by atoms with Crippen LogP contribution in [0.5, 0.6) is 11.8 Å². The first-order valence-electron chi connectivity index (χ1n) is 4.58. The average Bonchev–Trinajstić information content (AvgIpc) is 2.28. The largest absolute Gasteiger partial charge is 0.424 e. The predicted octanol–water partition coefficient (Wildman–Crippen LogP) is 2.98. The predicted molar refractivity (Wildman–Crippen MR) is 61.6 cm³/mol. The third-order valence-electron chi connectivity index (χ3n) is 1.83. The van der Waals surface area contributed by atoms with Crippen molar-refractivity contribution < 1.29 is 13.9 Å². The van der Waals surface area contributed by atoms with Gasteiger partial charge in [0.2, 0.25) is 0 Å². The van der Waals surface area contributed by atoms with Gasteiger partial charge in [0.05, 0.1) is 5.56 Å². The van der Waals surface area contributed by atoms with E-state index < -0.39 is 5.82 Å². The molecule has 1 aromatic heterocycles. The first-order chi connectivity index (χ1) is 8.17. The number of hydrogen-bond acceptors (Lipinski definition) is 4. The van der Waals surface area contributed by atoms with Crippen LogP contribution in [0.3, 0.4) is 0 Å². The second-order valence-corrected chi connectivity index (χ2v) is 4.04. The Balaban J connectivity index is 2.21. The van der Waals surface area contributed by atoms with E-state index in [1.165, 1.54) is 24.5 Å². The zero-order valence-electron chi connectivity index (χ0n) is 8.43. The minimum absolute atomic E-state index is 0.0492. The lowest BCUT2D eigenvalue weighted by molar-refractivity contribution is 0.112. The van der Waals surface area contributed by atoms with Crippen molar-refractivity contribution in [3.63, 3.8) is 0 Å². The average molecular weight is 297 g/mol. The Morgan fingerprint density at radius 2 is 1.94 bits per heavy atom. The Morgan fingerprint density at radius 1 is 1.24 bits per heavy atom. The van der Waals surface area contributed by atoms with Gasteiger partial charge < -0.3 is 4.74 Å². The monoisotopic (exact) mass is 296 g/mol. The molecule has 0 bridgehead atoms. The molecule has 1 aromatic carbocycles. The van der Waals surface area contributed by atoms with Crippen molar-refractivity contribution >= 4 is 22.2 Å². The van der Waals surface area contributed by atoms with Crippen LogP contribution < -0.4 is 4.74 Å². The lowest BCUT2D eigenvalue weighted by Crippen LogP contribution is -1.93. The summed E-state index contributed by atoms with van der Waals surface area (Å²) < 4.78 is 18.8. The molecule has 0 radical (unpaired) electrons. The summed E-state index contributed by atoms with van der Waals surface area (Å²) in [6.45, 7) is 0. The van der Waals surface area contributed by atoms with Crippen LogP contribution in [0.1, 0.15) is 10.4 Å². The Bertz CT molecular complexity index is 525. The van der Waals surface area contributed by atoms with Crippen molar-refractivity contribution in [1.29, 1.82) is 0 Å². The van der Waals surface area contributed by atoms with Crippen molar-refractivity contribution in [3.05, 3.63) is 46.4 Å². The summed E-state index contributed by atoms with van der Waals surface area (Å²) in [5.41, 5.74) is 0.345. The van der Waals surface area contributed by atoms with Gasteiger partial charge in [0, 0.05) is 22.9 Å². The van der Waals surface area contributed by atoms with Crippen LogP contribution in [0.2, 0.25) is 0 Å². The van der Waals surface area contributed by atoms with E-state index in [2.05, 4.69) is 25.9 Å². The fourth-order valence-electron chi connectivity index (χ4n) is 1.13. The van der Waals surface area contributed by atoms with Gasteiger partial charge in [-0.2, -0.15) is 0 Å². The van der Waals surface area contributed by atoms with Gasteiger partial charge in [0.25, 0.3) is 0 Å². The van der Waals surface area contributed by atoms with Crippen LogP contribution in [-0.4, -0.2) is 16.3 Å². The highest BCUT2D eigenvalue weighted by molar-refractivity contribution is 9.10. The molecule has 6 heteroatoms. The molecule has 0 atom stereocenters. The van der Waals surface area contributed by atoms with Crippen LogP contribution in [0.4, 0.5) is 4.39 Å². The van der Waals surface area contributed by atoms with Crippen LogP contribution in [0.25, 0.3) is 0 Å². The molecule has 2 rings (SSSR count). The third kappa shape index (κ3) is 3.07. The van der Waals surface area contributed by atoms with Gasteiger partial charge in [-0.05, 0) is 12.1 Å². The summed E-state index contributed by atoms with van der Waals surface area (Å²) in [5, 5.41) is 0. The summed E-state index contributed by atoms with van der Waals surface area (Å²) in [5.74, 6) is -0.158. The van der Waals surface area contributed by atoms with E-state index in [4.69, 9.17) is 4.74 Å². The van der Waals surface area contributed by atoms with Crippen LogP contribution in [0, 0.1) is 5.82 Å². The molecule has 0 unspecified atom stereocenters. The van der Waals surface area contributed by atoms with Crippen molar-refractivity contribution in [1.82, 2.24) is 9.97 Å². The molecule has 0 fully saturated rings. The number of hydrogen-bond donors (Lipinski definition) is 0. The summed E-state index contributed by atoms with van der Waals surface area (Å²) >= 11 is 3.14. The maximum Gasteiger partial charge on any atom is 0.321 e. The maximum absolute atomic E-state index is 13.1. The topological polar surface area (TPSA) is 52.1 Å². The minimum atomic E-state index is -0.432. The number of ether oxygens (including phenoxy) is 1. The van der Waals surface area contributed by atoms with Crippen molar-refractivity contribution in [2.45, 2.75) is 0 Å². The van der Waals surface area contributed by atoms with E-state index in [-0.39, 0.29) is 11.8 Å². The van der Waals surface area contributed by atoms with Crippen LogP contribution in [-0.2, 0) is 0 Å². The number of carbonyl (C=O) groups excluding carboxylic acids is 1. The molecule has 0 saturated heterocycles. The zero-order chi connectivity index (χ0) is 12.3. The van der Waals surface area contributed by atoms with E-state index in [1.807, 2.05) is 0 Å². The molecular weight excluding hydrogens is 291 g/mol. The van der Waals surface area contributed by atoms with Gasteiger partial charge in [-0.15, -0.1) is 0 Å². The third-order valence-corrected chi connectivity index (χ3v) is 2.29. The molecule has 0 saturated carbocycles. The quantitative estimate of drug-likeness (QED) is 0.817. The van der Waals surface area contributed by atoms with Gasteiger partial charge in [-0.3, -0.25) is 4.79 Å². The van der Waals surface area contributed by atoms with Gasteiger partial charge in [-0.25, -0.2) is 14.4 Å². The van der Waals surface area contributed by atoms with Crippen LogP contribution >= 0.6 is 15.9 Å². The smallest absolute Gasteiger partial charge is 0.321 e. The standard InChI is InChI=1S/C11H6BrFN2O2/c12-8-1-9(13)3-10(2-8)17-11-14-4-7(6-16)5-15-11/h1-6H. The number of aromatic nitrogens is 2. The molecule has 0 spiro atoms. The van der Waals surface area contributed by atoms with E-state index >= 15 is 0 Å². The van der Waals surface area contributed by atoms with Crippen molar-refractivity contribution in [2.24, 2.45) is 0 Å². The highest BCUT2D eigenvalue weighted by Crippen LogP contribution is 2.23. The second-order valence-electron chi connectivity index (χ2n) is 3.12. The number of halogens is 2. The minimum Gasteiger partial charge on any atom is -0.424 e. The highest BCUT2D eigenvalue weighted by atomic mass is 79.9. The first-order valence-corrected chi connectivity index (χ1v) is 5.38. The van der Waals surface area contributed by atoms with Gasteiger partial charge in [0.1, 0.15) is 11.6 Å². The molecule has 0 amide bonds. The normalized spacial score (nSPS) is 10.0. The zero-order valence-corrected chi connectivity index (χ0v) is 10.0. The molecule has 17 heavy (non-hydrogen) atoms. The Hall–Kier alpha value is -1.82. The number of carbonyl (C=O) groups is 1. The molecule has 86 valence electrons. The van der Waals surface area contributed by atoms with E-state index in [0.717, 1.165) is 0 Å². The van der Waals surface area contributed by atoms with Crippen molar-refractivity contribution in [3.8, 4) is 11.8 Å². The summed E-state index contributed by atoms with van der Waals surface area (Å²) in [6, 6.07) is 4.15. The molecule has 0 aliphatic heterocycles. The lowest BCUT2D eigenvalue weighted by atomic mass is 10.3. The number of benzene rings is 1. The SMILES string of the molecule is O=Cc1cnc(Oc2cc(F)cc(Br)c2)nc1. The number of rotatable bonds is 3. The van der Waals surface area contributed by atoms with Gasteiger partial charge >= 0.3 is 6.01 Å².